The molecule has 3 rings (SSSR count). The Kier molecular flexibility index (Phi) is 6.14. The minimum atomic E-state index is -3.54. The maximum absolute atomic E-state index is 13.0. The highest BCUT2D eigenvalue weighted by Gasteiger charge is 2.35. The first-order valence-corrected chi connectivity index (χ1v) is 10.5. The highest BCUT2D eigenvalue weighted by molar-refractivity contribution is 7.88. The Labute approximate surface area is 159 Å². The Balaban J connectivity index is 1.75. The quantitative estimate of drug-likeness (QED) is 0.785. The van der Waals surface area contributed by atoms with Crippen molar-refractivity contribution in [2.75, 3.05) is 26.9 Å². The maximum atomic E-state index is 13.0. The van der Waals surface area contributed by atoms with E-state index in [1.165, 1.54) is 24.3 Å². The van der Waals surface area contributed by atoms with Crippen molar-refractivity contribution in [3.63, 3.8) is 0 Å². The van der Waals surface area contributed by atoms with E-state index in [0.29, 0.717) is 25.3 Å². The molecule has 7 heteroatoms. The van der Waals surface area contributed by atoms with Crippen LogP contribution in [0, 0.1) is 5.82 Å². The van der Waals surface area contributed by atoms with Gasteiger partial charge in [-0.3, -0.25) is 0 Å². The van der Waals surface area contributed by atoms with Gasteiger partial charge in [-0.2, -0.15) is 0 Å². The summed E-state index contributed by atoms with van der Waals surface area (Å²) in [6, 6.07) is 13.3. The van der Waals surface area contributed by atoms with Gasteiger partial charge in [0.15, 0.2) is 0 Å². The number of ether oxygens (including phenoxy) is 2. The number of hydrogen-bond acceptors (Lipinski definition) is 4. The lowest BCUT2D eigenvalue weighted by Gasteiger charge is -2.38. The van der Waals surface area contributed by atoms with Crippen molar-refractivity contribution in [2.45, 2.75) is 24.0 Å². The normalized spacial score (nSPS) is 16.8. The number of sulfonamides is 1. The fraction of sp³-hybridized carbons (Fsp3) is 0.400. The molecule has 1 aliphatic heterocycles. The number of hydrogen-bond donors (Lipinski definition) is 1. The molecule has 0 aromatic heterocycles. The summed E-state index contributed by atoms with van der Waals surface area (Å²) < 4.78 is 51.6. The van der Waals surface area contributed by atoms with E-state index in [0.717, 1.165) is 24.2 Å². The molecule has 1 fully saturated rings. The predicted molar refractivity (Wildman–Crippen MR) is 102 cm³/mol. The highest BCUT2D eigenvalue weighted by atomic mass is 32.2. The molecule has 0 bridgehead atoms. The van der Waals surface area contributed by atoms with Gasteiger partial charge in [-0.05, 0) is 48.2 Å². The van der Waals surface area contributed by atoms with E-state index in [9.17, 15) is 12.8 Å². The fourth-order valence-corrected chi connectivity index (χ4v) is 4.60. The SMILES string of the molecule is COc1ccc(C2(CNS(=O)(=O)Cc3ccc(F)cc3)CCOCC2)cc1. The molecular formula is C20H24FNO4S. The molecule has 5 nitrogen and oxygen atoms in total. The van der Waals surface area contributed by atoms with E-state index in [-0.39, 0.29) is 17.0 Å². The molecule has 0 aliphatic carbocycles. The van der Waals surface area contributed by atoms with Crippen molar-refractivity contribution in [3.05, 3.63) is 65.5 Å². The minimum Gasteiger partial charge on any atom is -0.497 e. The van der Waals surface area contributed by atoms with E-state index in [2.05, 4.69) is 4.72 Å². The number of halogens is 1. The summed E-state index contributed by atoms with van der Waals surface area (Å²) in [5.74, 6) is 0.199. The molecular weight excluding hydrogens is 369 g/mol. The van der Waals surface area contributed by atoms with Crippen molar-refractivity contribution in [2.24, 2.45) is 0 Å². The summed E-state index contributed by atoms with van der Waals surface area (Å²) >= 11 is 0. The van der Waals surface area contributed by atoms with E-state index in [1.54, 1.807) is 7.11 Å². The van der Waals surface area contributed by atoms with Gasteiger partial charge in [0.1, 0.15) is 11.6 Å². The molecule has 146 valence electrons. The second-order valence-electron chi connectivity index (χ2n) is 6.83. The predicted octanol–water partition coefficient (Wildman–Crippen LogP) is 3.00. The first-order chi connectivity index (χ1) is 12.9. The summed E-state index contributed by atoms with van der Waals surface area (Å²) in [6.07, 6.45) is 1.47. The van der Waals surface area contributed by atoms with Crippen molar-refractivity contribution >= 4 is 10.0 Å². The number of benzene rings is 2. The fourth-order valence-electron chi connectivity index (χ4n) is 3.37. The van der Waals surface area contributed by atoms with E-state index in [1.807, 2.05) is 24.3 Å². The molecule has 0 amide bonds. The van der Waals surface area contributed by atoms with Crippen LogP contribution >= 0.6 is 0 Å². The van der Waals surface area contributed by atoms with Crippen LogP contribution in [0.15, 0.2) is 48.5 Å². The minimum absolute atomic E-state index is 0.178. The van der Waals surface area contributed by atoms with E-state index < -0.39 is 10.0 Å². The Morgan fingerprint density at radius 3 is 2.30 bits per heavy atom. The molecule has 0 atom stereocenters. The standard InChI is InChI=1S/C20H24FNO4S/c1-25-19-8-4-17(5-9-19)20(10-12-26-13-11-20)15-22-27(23,24)14-16-2-6-18(21)7-3-16/h2-9,22H,10-15H2,1H3. The van der Waals surface area contributed by atoms with Crippen LogP contribution in [0.4, 0.5) is 4.39 Å². The Bertz CT molecular complexity index is 845. The smallest absolute Gasteiger partial charge is 0.215 e. The molecule has 1 heterocycles. The van der Waals surface area contributed by atoms with Crippen LogP contribution in [0.2, 0.25) is 0 Å². The topological polar surface area (TPSA) is 64.6 Å². The second kappa shape index (κ2) is 8.37. The third-order valence-corrected chi connectivity index (χ3v) is 6.35. The van der Waals surface area contributed by atoms with Crippen molar-refractivity contribution < 1.29 is 22.3 Å². The first-order valence-electron chi connectivity index (χ1n) is 8.87. The zero-order chi connectivity index (χ0) is 19.3. The first kappa shape index (κ1) is 19.8. The van der Waals surface area contributed by atoms with Gasteiger partial charge < -0.3 is 9.47 Å². The Morgan fingerprint density at radius 1 is 1.07 bits per heavy atom. The van der Waals surface area contributed by atoms with E-state index >= 15 is 0 Å². The Morgan fingerprint density at radius 2 is 1.70 bits per heavy atom. The summed E-state index contributed by atoms with van der Waals surface area (Å²) in [5, 5.41) is 0. The van der Waals surface area contributed by atoms with Crippen LogP contribution in [0.25, 0.3) is 0 Å². The molecule has 0 radical (unpaired) electrons. The van der Waals surface area contributed by atoms with Crippen LogP contribution in [-0.2, 0) is 25.9 Å². The van der Waals surface area contributed by atoms with Crippen LogP contribution in [0.5, 0.6) is 5.75 Å². The molecule has 1 saturated heterocycles. The molecule has 1 N–H and O–H groups in total. The van der Waals surface area contributed by atoms with Gasteiger partial charge in [0.05, 0.1) is 12.9 Å². The van der Waals surface area contributed by atoms with Crippen LogP contribution in [-0.4, -0.2) is 35.3 Å². The molecule has 0 unspecified atom stereocenters. The zero-order valence-corrected chi connectivity index (χ0v) is 16.1. The molecule has 2 aromatic rings. The highest BCUT2D eigenvalue weighted by Crippen LogP contribution is 2.35. The maximum Gasteiger partial charge on any atom is 0.215 e. The number of rotatable bonds is 7. The zero-order valence-electron chi connectivity index (χ0n) is 15.3. The summed E-state index contributed by atoms with van der Waals surface area (Å²) in [7, 11) is -1.93. The lowest BCUT2D eigenvalue weighted by molar-refractivity contribution is 0.0517. The lowest BCUT2D eigenvalue weighted by atomic mass is 9.74. The third-order valence-electron chi connectivity index (χ3n) is 5.05. The van der Waals surface area contributed by atoms with Crippen LogP contribution < -0.4 is 9.46 Å². The number of methoxy groups -OCH3 is 1. The summed E-state index contributed by atoms with van der Waals surface area (Å²) in [4.78, 5) is 0. The van der Waals surface area contributed by atoms with Gasteiger partial charge in [0, 0.05) is 25.2 Å². The van der Waals surface area contributed by atoms with Crippen LogP contribution in [0.3, 0.4) is 0 Å². The molecule has 0 spiro atoms. The average molecular weight is 393 g/mol. The number of nitrogens with one attached hydrogen (secondary N) is 1. The van der Waals surface area contributed by atoms with Gasteiger partial charge >= 0.3 is 0 Å². The lowest BCUT2D eigenvalue weighted by Crippen LogP contribution is -2.44. The van der Waals surface area contributed by atoms with Gasteiger partial charge in [-0.1, -0.05) is 24.3 Å². The van der Waals surface area contributed by atoms with Crippen molar-refractivity contribution in [1.29, 1.82) is 0 Å². The largest absolute Gasteiger partial charge is 0.497 e. The van der Waals surface area contributed by atoms with Crippen molar-refractivity contribution in [1.82, 2.24) is 4.72 Å². The van der Waals surface area contributed by atoms with Crippen LogP contribution in [0.1, 0.15) is 24.0 Å². The summed E-state index contributed by atoms with van der Waals surface area (Å²) in [6.45, 7) is 1.48. The monoisotopic (exact) mass is 393 g/mol. The van der Waals surface area contributed by atoms with Gasteiger partial charge in [0.2, 0.25) is 10.0 Å². The summed E-state index contributed by atoms with van der Waals surface area (Å²) in [5.41, 5.74) is 1.30. The molecule has 0 saturated carbocycles. The van der Waals surface area contributed by atoms with Gasteiger partial charge in [0.25, 0.3) is 0 Å². The average Bonchev–Trinajstić information content (AvgIpc) is 2.69. The van der Waals surface area contributed by atoms with Gasteiger partial charge in [-0.25, -0.2) is 17.5 Å². The Hall–Kier alpha value is -1.96. The molecule has 1 aliphatic rings. The second-order valence-corrected chi connectivity index (χ2v) is 8.63. The van der Waals surface area contributed by atoms with Gasteiger partial charge in [-0.15, -0.1) is 0 Å². The third kappa shape index (κ3) is 5.06. The molecule has 27 heavy (non-hydrogen) atoms. The van der Waals surface area contributed by atoms with Crippen molar-refractivity contribution in [3.8, 4) is 5.75 Å². The van der Waals surface area contributed by atoms with E-state index in [4.69, 9.17) is 9.47 Å². The molecule has 2 aromatic carbocycles.